The summed E-state index contributed by atoms with van der Waals surface area (Å²) in [5, 5.41) is 7.34. The summed E-state index contributed by atoms with van der Waals surface area (Å²) in [6.45, 7) is 6.97. The average molecular weight is 384 g/mol. The molecule has 0 spiro atoms. The summed E-state index contributed by atoms with van der Waals surface area (Å²) in [7, 11) is 0. The number of carbonyl (C=O) groups excluding carboxylic acids is 2. The van der Waals surface area contributed by atoms with E-state index in [2.05, 4.69) is 10.4 Å². The van der Waals surface area contributed by atoms with Crippen LogP contribution in [0.15, 0.2) is 42.6 Å². The first-order chi connectivity index (χ1) is 13.5. The molecule has 1 aromatic carbocycles. The molecule has 2 heterocycles. The lowest BCUT2D eigenvalue weighted by atomic mass is 10.0. The number of hydrogen-bond acceptors (Lipinski definition) is 4. The van der Waals surface area contributed by atoms with Crippen LogP contribution in [-0.2, 0) is 9.53 Å². The monoisotopic (exact) mass is 384 g/mol. The lowest BCUT2D eigenvalue weighted by Crippen LogP contribution is -2.44. The highest BCUT2D eigenvalue weighted by Crippen LogP contribution is 2.26. The van der Waals surface area contributed by atoms with E-state index in [4.69, 9.17) is 4.74 Å². The summed E-state index contributed by atoms with van der Waals surface area (Å²) in [5.74, 6) is 0.551. The number of piperidine rings is 1. The third-order valence-corrected chi connectivity index (χ3v) is 4.89. The van der Waals surface area contributed by atoms with Gasteiger partial charge in [-0.25, -0.2) is 4.68 Å². The van der Waals surface area contributed by atoms with E-state index in [1.54, 1.807) is 31.3 Å². The van der Waals surface area contributed by atoms with Gasteiger partial charge in [-0.3, -0.25) is 9.59 Å². The number of benzene rings is 1. The Balaban J connectivity index is 1.59. The molecule has 3 rings (SSSR count). The summed E-state index contributed by atoms with van der Waals surface area (Å²) in [4.78, 5) is 26.8. The molecule has 1 fully saturated rings. The van der Waals surface area contributed by atoms with Gasteiger partial charge in [0.1, 0.15) is 11.9 Å². The zero-order valence-electron chi connectivity index (χ0n) is 16.7. The molecule has 0 radical (unpaired) electrons. The smallest absolute Gasteiger partial charge is 0.256 e. The molecule has 28 heavy (non-hydrogen) atoms. The predicted octanol–water partition coefficient (Wildman–Crippen LogP) is 3.11. The predicted molar refractivity (Wildman–Crippen MR) is 107 cm³/mol. The Kier molecular flexibility index (Phi) is 6.46. The number of aromatic nitrogens is 2. The molecular weight excluding hydrogens is 356 g/mol. The van der Waals surface area contributed by atoms with Gasteiger partial charge in [0.25, 0.3) is 11.8 Å². The molecule has 1 aromatic heterocycles. The minimum Gasteiger partial charge on any atom is -0.366 e. The second-order valence-corrected chi connectivity index (χ2v) is 7.36. The van der Waals surface area contributed by atoms with E-state index in [0.717, 1.165) is 12.8 Å². The van der Waals surface area contributed by atoms with Gasteiger partial charge in [-0.2, -0.15) is 5.10 Å². The van der Waals surface area contributed by atoms with Gasteiger partial charge in [0.15, 0.2) is 0 Å². The molecule has 0 aliphatic carbocycles. The van der Waals surface area contributed by atoms with Crippen molar-refractivity contribution in [3.8, 4) is 0 Å². The second kappa shape index (κ2) is 9.01. The normalized spacial score (nSPS) is 16.2. The van der Waals surface area contributed by atoms with Crippen molar-refractivity contribution in [3.63, 3.8) is 0 Å². The molecule has 7 heteroatoms. The van der Waals surface area contributed by atoms with Crippen LogP contribution in [0, 0.1) is 0 Å². The summed E-state index contributed by atoms with van der Waals surface area (Å²) >= 11 is 0. The van der Waals surface area contributed by atoms with Crippen LogP contribution in [0.4, 0.5) is 5.82 Å². The summed E-state index contributed by atoms with van der Waals surface area (Å²) in [5.41, 5.74) is 0.606. The standard InChI is InChI=1S/C21H28N4O3/c1-15(2)28-16(3)21(27)24-13-10-18(11-14-24)25-19(9-12-22-25)23-20(26)17-7-5-4-6-8-17/h4-9,12,15-16,18H,10-11,13-14H2,1-3H3,(H,23,26). The van der Waals surface area contributed by atoms with E-state index >= 15 is 0 Å². The molecule has 7 nitrogen and oxygen atoms in total. The van der Waals surface area contributed by atoms with Crippen molar-refractivity contribution in [2.75, 3.05) is 18.4 Å². The van der Waals surface area contributed by atoms with Gasteiger partial charge >= 0.3 is 0 Å². The van der Waals surface area contributed by atoms with Gasteiger partial charge in [0, 0.05) is 24.7 Å². The number of amides is 2. The SMILES string of the molecule is CC(C)OC(C)C(=O)N1CCC(n2nccc2NC(=O)c2ccccc2)CC1. The minimum atomic E-state index is -0.429. The maximum atomic E-state index is 12.5. The van der Waals surface area contributed by atoms with E-state index in [1.807, 2.05) is 41.6 Å². The molecule has 2 aromatic rings. The first-order valence-corrected chi connectivity index (χ1v) is 9.80. The fourth-order valence-electron chi connectivity index (χ4n) is 3.54. The van der Waals surface area contributed by atoms with Gasteiger partial charge in [0.05, 0.1) is 18.3 Å². The lowest BCUT2D eigenvalue weighted by Gasteiger charge is -2.34. The first-order valence-electron chi connectivity index (χ1n) is 9.80. The quantitative estimate of drug-likeness (QED) is 0.830. The van der Waals surface area contributed by atoms with Gasteiger partial charge in [0.2, 0.25) is 0 Å². The number of hydrogen-bond donors (Lipinski definition) is 1. The van der Waals surface area contributed by atoms with Crippen LogP contribution in [0.25, 0.3) is 0 Å². The molecule has 150 valence electrons. The maximum absolute atomic E-state index is 12.5. The zero-order chi connectivity index (χ0) is 20.1. The minimum absolute atomic E-state index is 0.0244. The van der Waals surface area contributed by atoms with Crippen molar-refractivity contribution in [2.24, 2.45) is 0 Å². The largest absolute Gasteiger partial charge is 0.366 e. The van der Waals surface area contributed by atoms with Gasteiger partial charge in [-0.15, -0.1) is 0 Å². The van der Waals surface area contributed by atoms with Crippen molar-refractivity contribution in [3.05, 3.63) is 48.2 Å². The van der Waals surface area contributed by atoms with E-state index < -0.39 is 6.10 Å². The van der Waals surface area contributed by atoms with E-state index in [-0.39, 0.29) is 24.0 Å². The number of likely N-dealkylation sites (tertiary alicyclic amines) is 1. The van der Waals surface area contributed by atoms with Crippen molar-refractivity contribution >= 4 is 17.6 Å². The number of rotatable bonds is 6. The molecule has 0 bridgehead atoms. The van der Waals surface area contributed by atoms with Crippen LogP contribution in [0.2, 0.25) is 0 Å². The lowest BCUT2D eigenvalue weighted by molar-refractivity contribution is -0.146. The number of anilines is 1. The highest BCUT2D eigenvalue weighted by atomic mass is 16.5. The second-order valence-electron chi connectivity index (χ2n) is 7.36. The van der Waals surface area contributed by atoms with Crippen molar-refractivity contribution in [1.29, 1.82) is 0 Å². The van der Waals surface area contributed by atoms with Crippen molar-refractivity contribution in [1.82, 2.24) is 14.7 Å². The van der Waals surface area contributed by atoms with E-state index in [1.165, 1.54) is 0 Å². The Morgan fingerprint density at radius 1 is 1.11 bits per heavy atom. The van der Waals surface area contributed by atoms with Gasteiger partial charge < -0.3 is 15.0 Å². The number of carbonyl (C=O) groups is 2. The van der Waals surface area contributed by atoms with Crippen LogP contribution in [0.5, 0.6) is 0 Å². The van der Waals surface area contributed by atoms with E-state index in [0.29, 0.717) is 24.5 Å². The number of nitrogens with zero attached hydrogens (tertiary/aromatic N) is 3. The molecule has 1 N–H and O–H groups in total. The Hall–Kier alpha value is -2.67. The van der Waals surface area contributed by atoms with Crippen molar-refractivity contribution < 1.29 is 14.3 Å². The molecule has 1 unspecified atom stereocenters. The topological polar surface area (TPSA) is 76.5 Å². The molecule has 1 aliphatic heterocycles. The Labute approximate surface area is 165 Å². The van der Waals surface area contributed by atoms with Crippen LogP contribution in [-0.4, -0.2) is 51.8 Å². The Morgan fingerprint density at radius 2 is 1.79 bits per heavy atom. The number of nitrogens with one attached hydrogen (secondary N) is 1. The summed E-state index contributed by atoms with van der Waals surface area (Å²) in [6.07, 6.45) is 2.86. The highest BCUT2D eigenvalue weighted by molar-refractivity contribution is 6.03. The first kappa shape index (κ1) is 20.1. The fourth-order valence-corrected chi connectivity index (χ4v) is 3.54. The van der Waals surface area contributed by atoms with Crippen LogP contribution in [0.1, 0.15) is 50.0 Å². The average Bonchev–Trinajstić information content (AvgIpc) is 3.15. The Morgan fingerprint density at radius 3 is 2.43 bits per heavy atom. The molecule has 1 saturated heterocycles. The van der Waals surface area contributed by atoms with Gasteiger partial charge in [-0.1, -0.05) is 18.2 Å². The molecular formula is C21H28N4O3. The maximum Gasteiger partial charge on any atom is 0.256 e. The van der Waals surface area contributed by atoms with E-state index in [9.17, 15) is 9.59 Å². The number of ether oxygens (including phenoxy) is 1. The van der Waals surface area contributed by atoms with Crippen LogP contribution < -0.4 is 5.32 Å². The van der Waals surface area contributed by atoms with Crippen molar-refractivity contribution in [2.45, 2.75) is 51.9 Å². The highest BCUT2D eigenvalue weighted by Gasteiger charge is 2.28. The van der Waals surface area contributed by atoms with Gasteiger partial charge in [-0.05, 0) is 45.7 Å². The summed E-state index contributed by atoms with van der Waals surface area (Å²) < 4.78 is 7.47. The molecule has 1 atom stereocenters. The third-order valence-electron chi connectivity index (χ3n) is 4.89. The summed E-state index contributed by atoms with van der Waals surface area (Å²) in [6, 6.07) is 11.1. The fraction of sp³-hybridized carbons (Fsp3) is 0.476. The molecule has 0 saturated carbocycles. The Bertz CT molecular complexity index is 795. The molecule has 2 amide bonds. The third kappa shape index (κ3) is 4.78. The van der Waals surface area contributed by atoms with Crippen LogP contribution in [0.3, 0.4) is 0 Å². The zero-order valence-corrected chi connectivity index (χ0v) is 16.7. The van der Waals surface area contributed by atoms with Crippen LogP contribution >= 0.6 is 0 Å². The molecule has 1 aliphatic rings.